The third kappa shape index (κ3) is 3.65. The molecule has 0 bridgehead atoms. The fourth-order valence-electron chi connectivity index (χ4n) is 1.74. The lowest BCUT2D eigenvalue weighted by Gasteiger charge is -2.21. The molecule has 0 unspecified atom stereocenters. The van der Waals surface area contributed by atoms with Crippen LogP contribution in [-0.2, 0) is 9.47 Å². The van der Waals surface area contributed by atoms with Crippen molar-refractivity contribution in [3.05, 3.63) is 34.4 Å². The number of hydrogen-bond donors (Lipinski definition) is 0. The Labute approximate surface area is 109 Å². The number of carbonyl (C=O) groups is 1. The average molecular weight is 267 g/mol. The van der Waals surface area contributed by atoms with Crippen LogP contribution in [0.15, 0.2) is 24.3 Å². The predicted octanol–water partition coefficient (Wildman–Crippen LogP) is 2.29. The maximum atomic E-state index is 11.5. The van der Waals surface area contributed by atoms with E-state index in [2.05, 4.69) is 0 Å². The summed E-state index contributed by atoms with van der Waals surface area (Å²) < 4.78 is 15.1. The van der Waals surface area contributed by atoms with E-state index in [9.17, 15) is 14.9 Å². The van der Waals surface area contributed by atoms with E-state index in [-0.39, 0.29) is 17.5 Å². The number of nitrogens with zero attached hydrogens (tertiary/aromatic N) is 1. The van der Waals surface area contributed by atoms with Crippen LogP contribution in [0.3, 0.4) is 0 Å². The Bertz CT molecular complexity index is 469. The van der Waals surface area contributed by atoms with Crippen LogP contribution in [0, 0.1) is 10.1 Å². The zero-order valence-corrected chi connectivity index (χ0v) is 10.1. The lowest BCUT2D eigenvalue weighted by Crippen LogP contribution is -2.27. The highest BCUT2D eigenvalue weighted by molar-refractivity contribution is 5.66. The zero-order valence-electron chi connectivity index (χ0n) is 10.1. The fraction of sp³-hybridized carbons (Fsp3) is 0.417. The summed E-state index contributed by atoms with van der Waals surface area (Å²) in [6, 6.07) is 5.65. The number of benzene rings is 1. The Morgan fingerprint density at radius 2 is 2.00 bits per heavy atom. The van der Waals surface area contributed by atoms with Crippen molar-refractivity contribution >= 4 is 11.8 Å². The lowest BCUT2D eigenvalue weighted by atomic mass is 10.2. The first-order chi connectivity index (χ1) is 9.16. The second kappa shape index (κ2) is 6.14. The van der Waals surface area contributed by atoms with Crippen molar-refractivity contribution in [2.24, 2.45) is 0 Å². The molecule has 2 rings (SSSR count). The third-order valence-corrected chi connectivity index (χ3v) is 2.69. The fourth-order valence-corrected chi connectivity index (χ4v) is 1.74. The van der Waals surface area contributed by atoms with E-state index in [4.69, 9.17) is 14.2 Å². The van der Waals surface area contributed by atoms with Crippen LogP contribution in [0.2, 0.25) is 0 Å². The molecule has 1 aromatic carbocycles. The number of carbonyl (C=O) groups excluding carboxylic acids is 1. The van der Waals surface area contributed by atoms with Gasteiger partial charge in [0.05, 0.1) is 18.1 Å². The van der Waals surface area contributed by atoms with Gasteiger partial charge in [0.2, 0.25) is 5.75 Å². The van der Waals surface area contributed by atoms with E-state index in [1.54, 1.807) is 6.07 Å². The highest BCUT2D eigenvalue weighted by Gasteiger charge is 2.22. The Hall–Kier alpha value is -2.15. The largest absolute Gasteiger partial charge is 0.514 e. The summed E-state index contributed by atoms with van der Waals surface area (Å²) in [4.78, 5) is 21.7. The van der Waals surface area contributed by atoms with Gasteiger partial charge in [-0.15, -0.1) is 0 Å². The second-order valence-corrected chi connectivity index (χ2v) is 4.01. The molecule has 19 heavy (non-hydrogen) atoms. The number of ether oxygens (including phenoxy) is 3. The minimum absolute atomic E-state index is 0.121. The minimum Gasteiger partial charge on any atom is -0.430 e. The van der Waals surface area contributed by atoms with Crippen molar-refractivity contribution in [2.75, 3.05) is 13.2 Å². The molecule has 0 atom stereocenters. The topological polar surface area (TPSA) is 87.9 Å². The van der Waals surface area contributed by atoms with Gasteiger partial charge in [-0.05, 0) is 6.07 Å². The zero-order chi connectivity index (χ0) is 13.7. The van der Waals surface area contributed by atoms with Gasteiger partial charge in [-0.2, -0.15) is 0 Å². The molecular weight excluding hydrogens is 254 g/mol. The van der Waals surface area contributed by atoms with Gasteiger partial charge in [0.15, 0.2) is 0 Å². The van der Waals surface area contributed by atoms with Crippen LogP contribution in [0.5, 0.6) is 5.75 Å². The molecule has 1 saturated heterocycles. The molecule has 1 fully saturated rings. The van der Waals surface area contributed by atoms with E-state index in [1.807, 2.05) is 0 Å². The summed E-state index contributed by atoms with van der Waals surface area (Å²) in [7, 11) is 0. The number of para-hydroxylation sites is 2. The summed E-state index contributed by atoms with van der Waals surface area (Å²) in [5, 5.41) is 10.8. The molecule has 0 aliphatic carbocycles. The molecule has 0 radical (unpaired) electrons. The molecule has 102 valence electrons. The Morgan fingerprint density at radius 1 is 1.32 bits per heavy atom. The standard InChI is InChI=1S/C12H13NO6/c14-12(18-9-5-7-17-8-6-9)19-11-4-2-1-3-10(11)13(15)16/h1-4,9H,5-8H2. The molecule has 1 aromatic rings. The summed E-state index contributed by atoms with van der Waals surface area (Å²) in [5.74, 6) is -0.121. The molecule has 1 heterocycles. The molecule has 0 saturated carbocycles. The van der Waals surface area contributed by atoms with Crippen LogP contribution >= 0.6 is 0 Å². The number of nitro groups is 1. The van der Waals surface area contributed by atoms with E-state index in [0.29, 0.717) is 26.1 Å². The van der Waals surface area contributed by atoms with Crippen molar-refractivity contribution in [3.63, 3.8) is 0 Å². The monoisotopic (exact) mass is 267 g/mol. The maximum absolute atomic E-state index is 11.5. The Morgan fingerprint density at radius 3 is 2.68 bits per heavy atom. The minimum atomic E-state index is -0.929. The van der Waals surface area contributed by atoms with Crippen molar-refractivity contribution in [2.45, 2.75) is 18.9 Å². The summed E-state index contributed by atoms with van der Waals surface area (Å²) in [6.45, 7) is 1.06. The maximum Gasteiger partial charge on any atom is 0.514 e. The van der Waals surface area contributed by atoms with Gasteiger partial charge < -0.3 is 14.2 Å². The molecule has 0 N–H and O–H groups in total. The van der Waals surface area contributed by atoms with Crippen LogP contribution in [-0.4, -0.2) is 30.4 Å². The summed E-state index contributed by atoms with van der Waals surface area (Å²) >= 11 is 0. The van der Waals surface area contributed by atoms with Crippen molar-refractivity contribution in [1.29, 1.82) is 0 Å². The molecule has 0 amide bonds. The first kappa shape index (κ1) is 13.3. The van der Waals surface area contributed by atoms with Gasteiger partial charge in [-0.25, -0.2) is 4.79 Å². The number of rotatable bonds is 3. The number of nitro benzene ring substituents is 1. The van der Waals surface area contributed by atoms with E-state index in [0.717, 1.165) is 0 Å². The van der Waals surface area contributed by atoms with Crippen LogP contribution in [0.1, 0.15) is 12.8 Å². The molecule has 0 aromatic heterocycles. The van der Waals surface area contributed by atoms with Gasteiger partial charge in [-0.3, -0.25) is 10.1 Å². The Balaban J connectivity index is 1.96. The normalized spacial score (nSPS) is 15.8. The highest BCUT2D eigenvalue weighted by atomic mass is 16.7. The molecule has 1 aliphatic heterocycles. The molecule has 0 spiro atoms. The van der Waals surface area contributed by atoms with Gasteiger partial charge in [-0.1, -0.05) is 12.1 Å². The van der Waals surface area contributed by atoms with Crippen LogP contribution in [0.4, 0.5) is 10.5 Å². The highest BCUT2D eigenvalue weighted by Crippen LogP contribution is 2.26. The van der Waals surface area contributed by atoms with Gasteiger partial charge in [0.25, 0.3) is 0 Å². The Kier molecular flexibility index (Phi) is 4.30. The van der Waals surface area contributed by atoms with Crippen molar-refractivity contribution in [3.8, 4) is 5.75 Å². The van der Waals surface area contributed by atoms with Gasteiger partial charge >= 0.3 is 11.8 Å². The smallest absolute Gasteiger partial charge is 0.430 e. The van der Waals surface area contributed by atoms with Crippen LogP contribution < -0.4 is 4.74 Å². The average Bonchev–Trinajstić information content (AvgIpc) is 2.40. The predicted molar refractivity (Wildman–Crippen MR) is 64.0 cm³/mol. The van der Waals surface area contributed by atoms with E-state index in [1.165, 1.54) is 18.2 Å². The quantitative estimate of drug-likeness (QED) is 0.361. The van der Waals surface area contributed by atoms with Gasteiger partial charge in [0, 0.05) is 18.9 Å². The first-order valence-electron chi connectivity index (χ1n) is 5.86. The third-order valence-electron chi connectivity index (χ3n) is 2.69. The summed E-state index contributed by atoms with van der Waals surface area (Å²) in [6.07, 6.45) is 0.0167. The van der Waals surface area contributed by atoms with E-state index >= 15 is 0 Å². The molecular formula is C12H13NO6. The molecule has 7 nitrogen and oxygen atoms in total. The van der Waals surface area contributed by atoms with Gasteiger partial charge in [0.1, 0.15) is 6.10 Å². The molecule has 1 aliphatic rings. The number of hydrogen-bond acceptors (Lipinski definition) is 6. The van der Waals surface area contributed by atoms with Crippen molar-refractivity contribution < 1.29 is 23.9 Å². The second-order valence-electron chi connectivity index (χ2n) is 4.01. The first-order valence-corrected chi connectivity index (χ1v) is 5.86. The molecule has 7 heteroatoms. The van der Waals surface area contributed by atoms with Crippen molar-refractivity contribution in [1.82, 2.24) is 0 Å². The van der Waals surface area contributed by atoms with E-state index < -0.39 is 11.1 Å². The van der Waals surface area contributed by atoms with Crippen LogP contribution in [0.25, 0.3) is 0 Å². The SMILES string of the molecule is O=C(Oc1ccccc1[N+](=O)[O-])OC1CCOCC1. The summed E-state index contributed by atoms with van der Waals surface area (Å²) in [5.41, 5.74) is -0.272. The lowest BCUT2D eigenvalue weighted by molar-refractivity contribution is -0.385.